The van der Waals surface area contributed by atoms with Gasteiger partial charge in [0.2, 0.25) is 12.2 Å². The molecule has 0 aromatic heterocycles. The highest BCUT2D eigenvalue weighted by molar-refractivity contribution is 5.32. The Balaban J connectivity index is 2.99. The van der Waals surface area contributed by atoms with Gasteiger partial charge < -0.3 is 9.47 Å². The van der Waals surface area contributed by atoms with Crippen molar-refractivity contribution < 1.29 is 19.1 Å². The summed E-state index contributed by atoms with van der Waals surface area (Å²) in [6.07, 6.45) is 2.77. The first kappa shape index (κ1) is 11.7. The van der Waals surface area contributed by atoms with Crippen LogP contribution in [0.2, 0.25) is 0 Å². The number of hydrogen-bond donors (Lipinski definition) is 0. The number of carbonyl (C=O) groups excluding carboxylic acids is 2. The largest absolute Gasteiger partial charge is 0.353 e. The molecule has 0 radical (unpaired) electrons. The van der Waals surface area contributed by atoms with Crippen LogP contribution in [-0.2, 0) is 19.1 Å². The van der Waals surface area contributed by atoms with Crippen LogP contribution in [0.15, 0.2) is 9.98 Å². The Hall–Kier alpha value is -1.32. The first-order valence-corrected chi connectivity index (χ1v) is 3.64. The van der Waals surface area contributed by atoms with Gasteiger partial charge in [-0.2, -0.15) is 0 Å². The first-order chi connectivity index (χ1) is 6.41. The van der Waals surface area contributed by atoms with Crippen molar-refractivity contribution in [1.82, 2.24) is 0 Å². The highest BCUT2D eigenvalue weighted by Crippen LogP contribution is 1.79. The fraction of sp³-hybridized carbons (Fsp3) is 0.714. The maximum atomic E-state index is 9.58. The van der Waals surface area contributed by atoms with E-state index in [1.807, 2.05) is 0 Å². The lowest BCUT2D eigenvalue weighted by Gasteiger charge is -2.01. The second kappa shape index (κ2) is 10.7. The zero-order chi connectivity index (χ0) is 9.78. The predicted molar refractivity (Wildman–Crippen MR) is 42.7 cm³/mol. The average Bonchev–Trinajstić information content (AvgIpc) is 2.16. The Labute approximate surface area is 75.3 Å². The van der Waals surface area contributed by atoms with Crippen molar-refractivity contribution in [2.75, 3.05) is 33.1 Å². The van der Waals surface area contributed by atoms with Gasteiger partial charge in [0.1, 0.15) is 6.79 Å². The van der Waals surface area contributed by atoms with Crippen molar-refractivity contribution in [1.29, 1.82) is 0 Å². The third-order valence-electron chi connectivity index (χ3n) is 0.991. The van der Waals surface area contributed by atoms with E-state index < -0.39 is 0 Å². The van der Waals surface area contributed by atoms with E-state index in [4.69, 9.17) is 9.47 Å². The molecule has 6 heteroatoms. The van der Waals surface area contributed by atoms with Crippen molar-refractivity contribution in [3.05, 3.63) is 0 Å². The van der Waals surface area contributed by atoms with E-state index in [0.717, 1.165) is 0 Å². The Morgan fingerprint density at radius 2 is 1.38 bits per heavy atom. The van der Waals surface area contributed by atoms with E-state index >= 15 is 0 Å². The van der Waals surface area contributed by atoms with Gasteiger partial charge in [-0.1, -0.05) is 0 Å². The van der Waals surface area contributed by atoms with Crippen LogP contribution in [0.4, 0.5) is 0 Å². The molecular weight excluding hydrogens is 176 g/mol. The topological polar surface area (TPSA) is 77.3 Å². The number of nitrogens with zero attached hydrogens (tertiary/aromatic N) is 2. The molecule has 0 aliphatic carbocycles. The predicted octanol–water partition coefficient (Wildman–Crippen LogP) is -0.351. The number of rotatable bonds is 8. The fourth-order valence-corrected chi connectivity index (χ4v) is 0.488. The molecule has 0 fully saturated rings. The van der Waals surface area contributed by atoms with Crippen LogP contribution in [0.25, 0.3) is 0 Å². The molecule has 0 aromatic carbocycles. The van der Waals surface area contributed by atoms with Gasteiger partial charge in [0.25, 0.3) is 0 Å². The highest BCUT2D eigenvalue weighted by Gasteiger charge is 1.87. The molecule has 0 saturated heterocycles. The standard InChI is InChI=1S/C7H10N2O4/c10-5-8-1-3-12-7-13-4-2-9-6-11/h1-4,7H2. The summed E-state index contributed by atoms with van der Waals surface area (Å²) in [5, 5.41) is 0. The fourth-order valence-electron chi connectivity index (χ4n) is 0.488. The summed E-state index contributed by atoms with van der Waals surface area (Å²) in [5.74, 6) is 0. The minimum atomic E-state index is 0.1000. The molecule has 0 saturated carbocycles. The SMILES string of the molecule is O=C=NCCOCOCCN=C=O. The van der Waals surface area contributed by atoms with E-state index in [2.05, 4.69) is 9.98 Å². The number of isocyanates is 2. The second-order valence-electron chi connectivity index (χ2n) is 1.88. The molecule has 0 amide bonds. The summed E-state index contributed by atoms with van der Waals surface area (Å²) >= 11 is 0. The summed E-state index contributed by atoms with van der Waals surface area (Å²) < 4.78 is 9.76. The van der Waals surface area contributed by atoms with Crippen LogP contribution in [0.5, 0.6) is 0 Å². The summed E-state index contributed by atoms with van der Waals surface area (Å²) in [6, 6.07) is 0. The molecule has 0 spiro atoms. The zero-order valence-corrected chi connectivity index (χ0v) is 7.06. The van der Waals surface area contributed by atoms with E-state index in [9.17, 15) is 9.59 Å². The van der Waals surface area contributed by atoms with Crippen LogP contribution < -0.4 is 0 Å². The van der Waals surface area contributed by atoms with Crippen molar-refractivity contribution in [2.24, 2.45) is 9.98 Å². The maximum Gasteiger partial charge on any atom is 0.235 e. The second-order valence-corrected chi connectivity index (χ2v) is 1.88. The highest BCUT2D eigenvalue weighted by atomic mass is 16.7. The maximum absolute atomic E-state index is 9.58. The third kappa shape index (κ3) is 10.7. The Morgan fingerprint density at radius 3 is 1.77 bits per heavy atom. The molecule has 0 rings (SSSR count). The van der Waals surface area contributed by atoms with E-state index in [1.165, 1.54) is 12.2 Å². The molecule has 0 bridgehead atoms. The van der Waals surface area contributed by atoms with E-state index in [0.29, 0.717) is 13.2 Å². The van der Waals surface area contributed by atoms with Crippen molar-refractivity contribution in [3.63, 3.8) is 0 Å². The summed E-state index contributed by atoms with van der Waals surface area (Å²) in [7, 11) is 0. The Morgan fingerprint density at radius 1 is 0.923 bits per heavy atom. The molecule has 0 heterocycles. The van der Waals surface area contributed by atoms with Gasteiger partial charge in [-0.3, -0.25) is 0 Å². The molecule has 0 unspecified atom stereocenters. The van der Waals surface area contributed by atoms with Gasteiger partial charge in [0.15, 0.2) is 0 Å². The van der Waals surface area contributed by atoms with Crippen molar-refractivity contribution in [2.45, 2.75) is 0 Å². The lowest BCUT2D eigenvalue weighted by Crippen LogP contribution is -2.06. The average molecular weight is 186 g/mol. The van der Waals surface area contributed by atoms with Crippen LogP contribution in [0.3, 0.4) is 0 Å². The summed E-state index contributed by atoms with van der Waals surface area (Å²) in [6.45, 7) is 1.28. The van der Waals surface area contributed by atoms with Crippen LogP contribution in [0, 0.1) is 0 Å². The Bertz CT molecular complexity index is 185. The van der Waals surface area contributed by atoms with Gasteiger partial charge in [0.05, 0.1) is 26.3 Å². The van der Waals surface area contributed by atoms with E-state index in [-0.39, 0.29) is 19.9 Å². The minimum absolute atomic E-state index is 0.1000. The van der Waals surface area contributed by atoms with E-state index in [1.54, 1.807) is 0 Å². The first-order valence-electron chi connectivity index (χ1n) is 3.64. The van der Waals surface area contributed by atoms with Gasteiger partial charge in [-0.15, -0.1) is 0 Å². The van der Waals surface area contributed by atoms with Crippen molar-refractivity contribution in [3.8, 4) is 0 Å². The van der Waals surface area contributed by atoms with Gasteiger partial charge in [0, 0.05) is 0 Å². The van der Waals surface area contributed by atoms with Crippen LogP contribution in [-0.4, -0.2) is 45.3 Å². The third-order valence-corrected chi connectivity index (χ3v) is 0.991. The Kier molecular flexibility index (Phi) is 9.60. The van der Waals surface area contributed by atoms with Gasteiger partial charge >= 0.3 is 0 Å². The molecule has 0 aliphatic rings. The normalized spacial score (nSPS) is 8.62. The molecule has 0 aromatic rings. The molecule has 0 N–H and O–H groups in total. The quantitative estimate of drug-likeness (QED) is 0.224. The monoisotopic (exact) mass is 186 g/mol. The van der Waals surface area contributed by atoms with Crippen LogP contribution in [0.1, 0.15) is 0 Å². The lowest BCUT2D eigenvalue weighted by atomic mass is 10.7. The summed E-state index contributed by atoms with van der Waals surface area (Å²) in [5.41, 5.74) is 0. The number of aliphatic imine (C=N–C) groups is 2. The molecule has 6 nitrogen and oxygen atoms in total. The number of ether oxygens (including phenoxy) is 2. The van der Waals surface area contributed by atoms with Gasteiger partial charge in [-0.25, -0.2) is 19.6 Å². The molecule has 0 atom stereocenters. The number of hydrogen-bond acceptors (Lipinski definition) is 6. The van der Waals surface area contributed by atoms with Crippen LogP contribution >= 0.6 is 0 Å². The molecule has 72 valence electrons. The molecule has 0 aliphatic heterocycles. The zero-order valence-electron chi connectivity index (χ0n) is 7.06. The minimum Gasteiger partial charge on any atom is -0.353 e. The lowest BCUT2D eigenvalue weighted by molar-refractivity contribution is -0.0480. The summed E-state index contributed by atoms with van der Waals surface area (Å²) in [4.78, 5) is 25.7. The smallest absolute Gasteiger partial charge is 0.235 e. The van der Waals surface area contributed by atoms with Crippen molar-refractivity contribution >= 4 is 12.2 Å². The molecular formula is C7H10N2O4. The van der Waals surface area contributed by atoms with Gasteiger partial charge in [-0.05, 0) is 0 Å². The molecule has 13 heavy (non-hydrogen) atoms.